The maximum absolute atomic E-state index is 13.6. The number of halogens is 1. The fraction of sp³-hybridized carbons (Fsp3) is 0.280. The van der Waals surface area contributed by atoms with Crippen LogP contribution in [0.3, 0.4) is 0 Å². The van der Waals surface area contributed by atoms with E-state index in [1.807, 2.05) is 28.7 Å². The third-order valence-electron chi connectivity index (χ3n) is 6.48. The third-order valence-corrected chi connectivity index (χ3v) is 6.48. The Bertz CT molecular complexity index is 1380. The lowest BCUT2D eigenvalue weighted by Gasteiger charge is -2.23. The Labute approximate surface area is 200 Å². The van der Waals surface area contributed by atoms with Crippen LogP contribution in [0.1, 0.15) is 17.4 Å². The normalized spacial score (nSPS) is 20.1. The van der Waals surface area contributed by atoms with Gasteiger partial charge in [0.2, 0.25) is 0 Å². The molecule has 5 heterocycles. The van der Waals surface area contributed by atoms with Crippen molar-refractivity contribution in [3.05, 3.63) is 71.9 Å². The lowest BCUT2D eigenvalue weighted by molar-refractivity contribution is 0.0597. The Balaban J connectivity index is 1.30. The van der Waals surface area contributed by atoms with Crippen LogP contribution in [-0.4, -0.2) is 57.0 Å². The number of aliphatic hydroxyl groups is 2. The van der Waals surface area contributed by atoms with Crippen LogP contribution in [0.4, 0.5) is 21.6 Å². The van der Waals surface area contributed by atoms with Gasteiger partial charge in [0.15, 0.2) is 0 Å². The molecule has 0 aliphatic carbocycles. The fourth-order valence-corrected chi connectivity index (χ4v) is 4.78. The van der Waals surface area contributed by atoms with Crippen molar-refractivity contribution in [1.82, 2.24) is 19.7 Å². The monoisotopic (exact) mass is 476 g/mol. The predicted octanol–water partition coefficient (Wildman–Crippen LogP) is 2.57. The van der Waals surface area contributed by atoms with E-state index in [-0.39, 0.29) is 5.82 Å². The minimum absolute atomic E-state index is 0.338. The molecule has 9 nitrogen and oxygen atoms in total. The number of fused-ring (bicyclic) bond motifs is 2. The number of hydrogen-bond acceptors (Lipinski definition) is 8. The van der Waals surface area contributed by atoms with Crippen LogP contribution < -0.4 is 15.5 Å². The highest BCUT2D eigenvalue weighted by Crippen LogP contribution is 2.39. The number of rotatable bonds is 4. The first-order valence-corrected chi connectivity index (χ1v) is 11.5. The standard InChI is InChI=1S/C25H25FN6O3/c26-15-5-6-32-21(12-28-23(32)9-15)18-2-3-20(24-19(18)11-29-25(24)34)30-22-4-1-16(10-27-22)31-7-8-35-14-17(33)13-31/h1-6,9-10,12,17,25,29,33-34H,7-8,11,13-14H2,(H,27,30)/t17-,25?/m0/s1. The number of imidazole rings is 1. The summed E-state index contributed by atoms with van der Waals surface area (Å²) in [5.74, 6) is 0.301. The van der Waals surface area contributed by atoms with Crippen molar-refractivity contribution < 1.29 is 19.3 Å². The summed E-state index contributed by atoms with van der Waals surface area (Å²) < 4.78 is 20.9. The third kappa shape index (κ3) is 4.10. The van der Waals surface area contributed by atoms with Gasteiger partial charge in [-0.15, -0.1) is 0 Å². The highest BCUT2D eigenvalue weighted by atomic mass is 19.1. The molecule has 0 radical (unpaired) electrons. The molecule has 1 fully saturated rings. The number of aliphatic hydroxyl groups excluding tert-OH is 2. The molecule has 6 rings (SSSR count). The van der Waals surface area contributed by atoms with Crippen molar-refractivity contribution in [1.29, 1.82) is 0 Å². The molecule has 1 aromatic carbocycles. The average molecular weight is 477 g/mol. The average Bonchev–Trinajstić information content (AvgIpc) is 3.38. The zero-order chi connectivity index (χ0) is 23.9. The molecule has 4 N–H and O–H groups in total. The first-order valence-electron chi connectivity index (χ1n) is 11.5. The SMILES string of the molecule is OC1NCc2c(-c3cnc4cc(F)ccn34)ccc(Nc3ccc(N4CCOC[C@@H](O)C4)cn3)c21. The Morgan fingerprint density at radius 2 is 2.03 bits per heavy atom. The molecular formula is C25H25FN6O3. The van der Waals surface area contributed by atoms with Crippen molar-refractivity contribution in [3.63, 3.8) is 0 Å². The molecule has 10 heteroatoms. The summed E-state index contributed by atoms with van der Waals surface area (Å²) >= 11 is 0. The Kier molecular flexibility index (Phi) is 5.57. The van der Waals surface area contributed by atoms with Crippen molar-refractivity contribution >= 4 is 22.8 Å². The molecule has 3 aromatic heterocycles. The van der Waals surface area contributed by atoms with Gasteiger partial charge in [0, 0.05) is 48.7 Å². The first-order chi connectivity index (χ1) is 17.1. The maximum Gasteiger partial charge on any atom is 0.140 e. The van der Waals surface area contributed by atoms with Gasteiger partial charge in [-0.3, -0.25) is 9.72 Å². The zero-order valence-electron chi connectivity index (χ0n) is 18.9. The predicted molar refractivity (Wildman–Crippen MR) is 129 cm³/mol. The van der Waals surface area contributed by atoms with Gasteiger partial charge < -0.3 is 25.2 Å². The number of aromatic nitrogens is 3. The van der Waals surface area contributed by atoms with E-state index in [4.69, 9.17) is 4.74 Å². The lowest BCUT2D eigenvalue weighted by atomic mass is 9.98. The summed E-state index contributed by atoms with van der Waals surface area (Å²) in [7, 11) is 0. The molecule has 2 aliphatic heterocycles. The number of ether oxygens (including phenoxy) is 1. The van der Waals surface area contributed by atoms with E-state index in [2.05, 4.69) is 25.5 Å². The highest BCUT2D eigenvalue weighted by molar-refractivity contribution is 5.76. The molecule has 1 unspecified atom stereocenters. The minimum atomic E-state index is -0.832. The van der Waals surface area contributed by atoms with Gasteiger partial charge in [-0.25, -0.2) is 14.4 Å². The summed E-state index contributed by atoms with van der Waals surface area (Å²) in [5, 5.41) is 27.1. The van der Waals surface area contributed by atoms with Crippen LogP contribution >= 0.6 is 0 Å². The molecule has 2 aliphatic rings. The molecule has 0 bridgehead atoms. The number of β-amino-alcohol motifs (C(OH)–C–C–N with tert-alkyl or cyclic N) is 1. The van der Waals surface area contributed by atoms with E-state index < -0.39 is 12.3 Å². The van der Waals surface area contributed by atoms with Crippen molar-refractivity contribution in [2.75, 3.05) is 36.5 Å². The molecule has 0 saturated carbocycles. The van der Waals surface area contributed by atoms with Gasteiger partial charge in [0.05, 0.1) is 43.1 Å². The van der Waals surface area contributed by atoms with E-state index in [1.54, 1.807) is 18.6 Å². The Morgan fingerprint density at radius 3 is 2.89 bits per heavy atom. The molecule has 2 atom stereocenters. The van der Waals surface area contributed by atoms with Crippen LogP contribution in [0.5, 0.6) is 0 Å². The number of nitrogens with zero attached hydrogens (tertiary/aromatic N) is 4. The van der Waals surface area contributed by atoms with Crippen LogP contribution in [0, 0.1) is 5.82 Å². The summed E-state index contributed by atoms with van der Waals surface area (Å²) in [4.78, 5) is 10.9. The molecular weight excluding hydrogens is 451 g/mol. The zero-order valence-corrected chi connectivity index (χ0v) is 18.9. The molecule has 35 heavy (non-hydrogen) atoms. The first kappa shape index (κ1) is 21.9. The van der Waals surface area contributed by atoms with Crippen LogP contribution in [0.25, 0.3) is 16.9 Å². The van der Waals surface area contributed by atoms with Crippen molar-refractivity contribution in [3.8, 4) is 11.3 Å². The van der Waals surface area contributed by atoms with Crippen molar-refractivity contribution in [2.24, 2.45) is 0 Å². The number of hydrogen-bond donors (Lipinski definition) is 4. The summed E-state index contributed by atoms with van der Waals surface area (Å²) in [6.07, 6.45) is 3.78. The summed E-state index contributed by atoms with van der Waals surface area (Å²) in [5.41, 5.74) is 5.62. The van der Waals surface area contributed by atoms with E-state index in [9.17, 15) is 14.6 Å². The Morgan fingerprint density at radius 1 is 1.11 bits per heavy atom. The highest BCUT2D eigenvalue weighted by Gasteiger charge is 2.27. The molecule has 180 valence electrons. The summed E-state index contributed by atoms with van der Waals surface area (Å²) in [6.45, 7) is 2.57. The van der Waals surface area contributed by atoms with Gasteiger partial charge in [0.25, 0.3) is 0 Å². The van der Waals surface area contributed by atoms with Gasteiger partial charge in [-0.1, -0.05) is 6.07 Å². The molecule has 1 saturated heterocycles. The minimum Gasteiger partial charge on any atom is -0.389 e. The Hall–Kier alpha value is -3.57. The van der Waals surface area contributed by atoms with Gasteiger partial charge >= 0.3 is 0 Å². The van der Waals surface area contributed by atoms with E-state index in [0.717, 1.165) is 33.8 Å². The number of pyridine rings is 2. The maximum atomic E-state index is 13.6. The molecule has 0 spiro atoms. The molecule has 0 amide bonds. The van der Waals surface area contributed by atoms with Crippen LogP contribution in [0.15, 0.2) is 55.0 Å². The smallest absolute Gasteiger partial charge is 0.140 e. The summed E-state index contributed by atoms with van der Waals surface area (Å²) in [6, 6.07) is 10.5. The van der Waals surface area contributed by atoms with Crippen molar-refractivity contribution in [2.45, 2.75) is 18.9 Å². The largest absolute Gasteiger partial charge is 0.389 e. The van der Waals surface area contributed by atoms with Crippen LogP contribution in [-0.2, 0) is 11.3 Å². The lowest BCUT2D eigenvalue weighted by Crippen LogP contribution is -2.32. The number of nitrogens with one attached hydrogen (secondary N) is 2. The van der Waals surface area contributed by atoms with Gasteiger partial charge in [0.1, 0.15) is 23.5 Å². The van der Waals surface area contributed by atoms with E-state index in [1.165, 1.54) is 12.1 Å². The topological polar surface area (TPSA) is 107 Å². The molecule has 4 aromatic rings. The van der Waals surface area contributed by atoms with Gasteiger partial charge in [-0.2, -0.15) is 0 Å². The number of benzene rings is 1. The second-order valence-corrected chi connectivity index (χ2v) is 8.75. The second kappa shape index (κ2) is 8.90. The van der Waals surface area contributed by atoms with E-state index in [0.29, 0.717) is 44.3 Å². The quantitative estimate of drug-likeness (QED) is 0.356. The van der Waals surface area contributed by atoms with E-state index >= 15 is 0 Å². The van der Waals surface area contributed by atoms with Gasteiger partial charge in [-0.05, 0) is 29.8 Å². The van der Waals surface area contributed by atoms with Crippen LogP contribution in [0.2, 0.25) is 0 Å². The number of anilines is 3. The fourth-order valence-electron chi connectivity index (χ4n) is 4.78. The second-order valence-electron chi connectivity index (χ2n) is 8.75.